The van der Waals surface area contributed by atoms with Gasteiger partial charge in [0.15, 0.2) is 0 Å². The van der Waals surface area contributed by atoms with Crippen molar-refractivity contribution < 1.29 is 31.1 Å². The van der Waals surface area contributed by atoms with Crippen molar-refractivity contribution in [2.24, 2.45) is 0 Å². The van der Waals surface area contributed by atoms with Gasteiger partial charge in [-0.1, -0.05) is 18.2 Å². The minimum absolute atomic E-state index is 0.0623. The largest absolute Gasteiger partial charge is 0.495 e. The number of carbonyl (C=O) groups is 1. The molecule has 0 aromatic heterocycles. The van der Waals surface area contributed by atoms with Gasteiger partial charge in [0.1, 0.15) is 5.75 Å². The molecule has 2 aromatic rings. The zero-order valence-electron chi connectivity index (χ0n) is 15.4. The Balaban J connectivity index is 2.26. The van der Waals surface area contributed by atoms with Crippen LogP contribution in [0.3, 0.4) is 0 Å². The predicted molar refractivity (Wildman–Crippen MR) is 97.6 cm³/mol. The van der Waals surface area contributed by atoms with Crippen LogP contribution in [0, 0.1) is 0 Å². The summed E-state index contributed by atoms with van der Waals surface area (Å²) in [6.45, 7) is 0. The average molecular weight is 416 g/mol. The maximum Gasteiger partial charge on any atom is 0.416 e. The summed E-state index contributed by atoms with van der Waals surface area (Å²) >= 11 is 0. The lowest BCUT2D eigenvalue weighted by Gasteiger charge is -2.15. The van der Waals surface area contributed by atoms with Crippen LogP contribution in [0.25, 0.3) is 0 Å². The van der Waals surface area contributed by atoms with Gasteiger partial charge >= 0.3 is 6.18 Å². The Morgan fingerprint density at radius 2 is 1.82 bits per heavy atom. The molecule has 28 heavy (non-hydrogen) atoms. The molecule has 152 valence electrons. The number of amides is 1. The van der Waals surface area contributed by atoms with Crippen molar-refractivity contribution in [1.29, 1.82) is 0 Å². The number of alkyl halides is 3. The molecule has 0 fully saturated rings. The van der Waals surface area contributed by atoms with Crippen LogP contribution in [-0.4, -0.2) is 39.8 Å². The quantitative estimate of drug-likeness (QED) is 0.785. The molecule has 0 bridgehead atoms. The highest BCUT2D eigenvalue weighted by Gasteiger charge is 2.30. The first kappa shape index (κ1) is 21.7. The fourth-order valence-corrected chi connectivity index (χ4v) is 3.32. The van der Waals surface area contributed by atoms with Crippen molar-refractivity contribution in [3.05, 3.63) is 53.6 Å². The highest BCUT2D eigenvalue weighted by molar-refractivity contribution is 7.89. The first-order valence-corrected chi connectivity index (χ1v) is 9.45. The van der Waals surface area contributed by atoms with Crippen LogP contribution in [0.15, 0.2) is 47.4 Å². The van der Waals surface area contributed by atoms with E-state index < -0.39 is 27.7 Å². The molecule has 2 aromatic carbocycles. The molecule has 0 aliphatic heterocycles. The molecule has 0 atom stereocenters. The normalized spacial score (nSPS) is 12.1. The Morgan fingerprint density at radius 1 is 1.14 bits per heavy atom. The van der Waals surface area contributed by atoms with Crippen LogP contribution in [0.1, 0.15) is 11.1 Å². The fraction of sp³-hybridized carbons (Fsp3) is 0.278. The fourth-order valence-electron chi connectivity index (χ4n) is 2.39. The number of methoxy groups -OCH3 is 1. The van der Waals surface area contributed by atoms with E-state index in [1.807, 2.05) is 0 Å². The van der Waals surface area contributed by atoms with E-state index in [-0.39, 0.29) is 28.3 Å². The van der Waals surface area contributed by atoms with Gasteiger partial charge in [0, 0.05) is 14.1 Å². The number of hydrogen-bond donors (Lipinski definition) is 1. The molecule has 10 heteroatoms. The monoisotopic (exact) mass is 416 g/mol. The van der Waals surface area contributed by atoms with Crippen LogP contribution in [0.2, 0.25) is 0 Å². The molecule has 6 nitrogen and oxygen atoms in total. The van der Waals surface area contributed by atoms with Gasteiger partial charge < -0.3 is 10.1 Å². The molecule has 1 amide bonds. The number of rotatable bonds is 6. The lowest BCUT2D eigenvalue weighted by atomic mass is 10.1. The second-order valence-corrected chi connectivity index (χ2v) is 8.22. The van der Waals surface area contributed by atoms with Crippen LogP contribution in [0.5, 0.6) is 5.75 Å². The van der Waals surface area contributed by atoms with Crippen molar-refractivity contribution >= 4 is 21.6 Å². The highest BCUT2D eigenvalue weighted by atomic mass is 32.2. The van der Waals surface area contributed by atoms with Crippen LogP contribution < -0.4 is 10.1 Å². The number of benzene rings is 2. The minimum Gasteiger partial charge on any atom is -0.495 e. The van der Waals surface area contributed by atoms with Crippen LogP contribution >= 0.6 is 0 Å². The van der Waals surface area contributed by atoms with E-state index in [0.29, 0.717) is 0 Å². The molecule has 0 saturated carbocycles. The van der Waals surface area contributed by atoms with Crippen molar-refractivity contribution in [3.63, 3.8) is 0 Å². The second kappa shape index (κ2) is 8.19. The van der Waals surface area contributed by atoms with E-state index in [0.717, 1.165) is 16.4 Å². The molecule has 0 spiro atoms. The number of ether oxygens (including phenoxy) is 1. The number of carbonyl (C=O) groups excluding carboxylic acids is 1. The Bertz CT molecular complexity index is 973. The van der Waals surface area contributed by atoms with Gasteiger partial charge in [-0.15, -0.1) is 0 Å². The molecule has 1 N–H and O–H groups in total. The number of nitrogens with one attached hydrogen (secondary N) is 1. The van der Waals surface area contributed by atoms with Gasteiger partial charge in [-0.3, -0.25) is 4.79 Å². The number of hydrogen-bond acceptors (Lipinski definition) is 4. The Labute approximate surface area is 161 Å². The van der Waals surface area contributed by atoms with Crippen molar-refractivity contribution in [2.45, 2.75) is 17.5 Å². The number of halogens is 3. The van der Waals surface area contributed by atoms with E-state index in [9.17, 15) is 26.4 Å². The molecular formula is C18H19F3N2O4S. The van der Waals surface area contributed by atoms with E-state index in [4.69, 9.17) is 4.74 Å². The third-order valence-electron chi connectivity index (χ3n) is 3.84. The average Bonchev–Trinajstić information content (AvgIpc) is 2.60. The van der Waals surface area contributed by atoms with E-state index >= 15 is 0 Å². The summed E-state index contributed by atoms with van der Waals surface area (Å²) in [5, 5.41) is 2.49. The minimum atomic E-state index is -4.51. The number of sulfonamides is 1. The van der Waals surface area contributed by atoms with Crippen molar-refractivity contribution in [2.75, 3.05) is 26.5 Å². The molecular weight excluding hydrogens is 397 g/mol. The molecule has 0 radical (unpaired) electrons. The first-order valence-electron chi connectivity index (χ1n) is 8.01. The molecule has 0 saturated heterocycles. The molecule has 0 heterocycles. The molecule has 0 aliphatic rings. The van der Waals surface area contributed by atoms with E-state index in [1.54, 1.807) is 0 Å². The smallest absolute Gasteiger partial charge is 0.416 e. The predicted octanol–water partition coefficient (Wildman–Crippen LogP) is 3.15. The zero-order chi connectivity index (χ0) is 21.1. The molecule has 2 rings (SSSR count). The summed E-state index contributed by atoms with van der Waals surface area (Å²) < 4.78 is 69.0. The third kappa shape index (κ3) is 5.02. The summed E-state index contributed by atoms with van der Waals surface area (Å²) in [5.74, 6) is -0.396. The maximum atomic E-state index is 12.8. The van der Waals surface area contributed by atoms with Gasteiger partial charge in [0.2, 0.25) is 15.9 Å². The number of anilines is 1. The van der Waals surface area contributed by atoms with Gasteiger partial charge in [-0.05, 0) is 29.8 Å². The summed E-state index contributed by atoms with van der Waals surface area (Å²) in [4.78, 5) is 12.2. The Kier molecular flexibility index (Phi) is 6.35. The lowest BCUT2D eigenvalue weighted by molar-refractivity contribution is -0.137. The topological polar surface area (TPSA) is 75.7 Å². The maximum absolute atomic E-state index is 12.8. The Morgan fingerprint density at radius 3 is 2.39 bits per heavy atom. The number of nitrogens with zero attached hydrogens (tertiary/aromatic N) is 1. The lowest BCUT2D eigenvalue weighted by Crippen LogP contribution is -2.22. The van der Waals surface area contributed by atoms with E-state index in [1.165, 1.54) is 51.5 Å². The first-order chi connectivity index (χ1) is 12.9. The molecule has 0 aliphatic carbocycles. The van der Waals surface area contributed by atoms with Gasteiger partial charge in [0.25, 0.3) is 0 Å². The SMILES string of the molecule is COc1ccc(S(=O)(=O)N(C)C)cc1NC(=O)Cc1cccc(C(F)(F)F)c1. The summed E-state index contributed by atoms with van der Waals surface area (Å²) in [5.41, 5.74) is -0.583. The summed E-state index contributed by atoms with van der Waals surface area (Å²) in [7, 11) is 0.339. The third-order valence-corrected chi connectivity index (χ3v) is 5.65. The van der Waals surface area contributed by atoms with Crippen LogP contribution in [-0.2, 0) is 27.4 Å². The van der Waals surface area contributed by atoms with Gasteiger partial charge in [0.05, 0.1) is 29.7 Å². The van der Waals surface area contributed by atoms with E-state index in [2.05, 4.69) is 5.32 Å². The molecule has 0 unspecified atom stereocenters. The van der Waals surface area contributed by atoms with Gasteiger partial charge in [-0.25, -0.2) is 12.7 Å². The summed E-state index contributed by atoms with van der Waals surface area (Å²) in [6.07, 6.45) is -4.83. The van der Waals surface area contributed by atoms with Gasteiger partial charge in [-0.2, -0.15) is 13.2 Å². The van der Waals surface area contributed by atoms with Crippen molar-refractivity contribution in [3.8, 4) is 5.75 Å². The standard InChI is InChI=1S/C18H19F3N2O4S/c1-23(2)28(25,26)14-7-8-16(27-3)15(11-14)22-17(24)10-12-5-4-6-13(9-12)18(19,20)21/h4-9,11H,10H2,1-3H3,(H,22,24). The zero-order valence-corrected chi connectivity index (χ0v) is 16.2. The Hall–Kier alpha value is -2.59. The summed E-state index contributed by atoms with van der Waals surface area (Å²) in [6, 6.07) is 8.38. The van der Waals surface area contributed by atoms with Crippen LogP contribution in [0.4, 0.5) is 18.9 Å². The van der Waals surface area contributed by atoms with Crippen molar-refractivity contribution in [1.82, 2.24) is 4.31 Å². The highest BCUT2D eigenvalue weighted by Crippen LogP contribution is 2.30. The second-order valence-electron chi connectivity index (χ2n) is 6.07.